The number of hydrogen-bond donors (Lipinski definition) is 1. The molecule has 0 aromatic heterocycles. The van der Waals surface area contributed by atoms with Crippen molar-refractivity contribution < 1.29 is 27.4 Å². The molecule has 0 unspecified atom stereocenters. The number of halogens is 3. The first-order valence-corrected chi connectivity index (χ1v) is 9.28. The quantitative estimate of drug-likeness (QED) is 0.771. The van der Waals surface area contributed by atoms with E-state index in [0.717, 1.165) is 25.9 Å². The van der Waals surface area contributed by atoms with Crippen molar-refractivity contribution in [2.75, 3.05) is 25.2 Å². The van der Waals surface area contributed by atoms with Crippen molar-refractivity contribution in [1.29, 1.82) is 0 Å². The van der Waals surface area contributed by atoms with Crippen LogP contribution >= 0.6 is 0 Å². The average molecular weight is 399 g/mol. The first kappa shape index (κ1) is 20.4. The molecule has 1 N–H and O–H groups in total. The second-order valence-electron chi connectivity index (χ2n) is 7.02. The summed E-state index contributed by atoms with van der Waals surface area (Å²) in [5.41, 5.74) is -0.422. The number of nitrogens with one attached hydrogen (secondary N) is 1. The first-order chi connectivity index (χ1) is 13.3. The fourth-order valence-corrected chi connectivity index (χ4v) is 3.54. The zero-order valence-corrected chi connectivity index (χ0v) is 15.8. The molecule has 0 spiro atoms. The van der Waals surface area contributed by atoms with Crippen LogP contribution in [-0.4, -0.2) is 50.2 Å². The molecule has 0 saturated carbocycles. The minimum Gasteiger partial charge on any atom is -0.490 e. The molecule has 0 radical (unpaired) electrons. The minimum atomic E-state index is -4.55. The monoisotopic (exact) mass is 399 g/mol. The van der Waals surface area contributed by atoms with E-state index in [0.29, 0.717) is 11.4 Å². The third-order valence-electron chi connectivity index (χ3n) is 5.12. The lowest BCUT2D eigenvalue weighted by Gasteiger charge is -2.26. The van der Waals surface area contributed by atoms with E-state index in [1.807, 2.05) is 0 Å². The SMILES string of the molecule is COC(=O)C[C@H]1[C@H](C)C(C(F)(F)F)=NN1c1ccc(OC2CCNCC2)cc1. The highest BCUT2D eigenvalue weighted by molar-refractivity contribution is 5.96. The third-order valence-corrected chi connectivity index (χ3v) is 5.12. The van der Waals surface area contributed by atoms with E-state index in [1.54, 1.807) is 24.3 Å². The zero-order valence-electron chi connectivity index (χ0n) is 15.8. The molecule has 154 valence electrons. The molecule has 1 saturated heterocycles. The summed E-state index contributed by atoms with van der Waals surface area (Å²) in [6.07, 6.45) is -2.80. The van der Waals surface area contributed by atoms with Crippen molar-refractivity contribution in [2.45, 2.75) is 44.5 Å². The number of piperidine rings is 1. The standard InChI is InChI=1S/C19H24F3N3O3/c1-12-16(11-17(26)27-2)25(24-18(12)19(20,21)22)13-3-5-14(6-4-13)28-15-7-9-23-10-8-15/h3-6,12,15-16,23H,7-11H2,1-2H3/t12-,16-/m0/s1. The van der Waals surface area contributed by atoms with Crippen LogP contribution in [0.5, 0.6) is 5.75 Å². The molecule has 2 heterocycles. The lowest BCUT2D eigenvalue weighted by atomic mass is 9.94. The lowest BCUT2D eigenvalue weighted by molar-refractivity contribution is -0.141. The van der Waals surface area contributed by atoms with Crippen LogP contribution in [0.25, 0.3) is 0 Å². The van der Waals surface area contributed by atoms with Gasteiger partial charge in [0.25, 0.3) is 0 Å². The molecule has 0 aliphatic carbocycles. The highest BCUT2D eigenvalue weighted by Crippen LogP contribution is 2.37. The van der Waals surface area contributed by atoms with Crippen molar-refractivity contribution in [3.63, 3.8) is 0 Å². The van der Waals surface area contributed by atoms with E-state index in [2.05, 4.69) is 15.2 Å². The van der Waals surface area contributed by atoms with Crippen LogP contribution in [0.3, 0.4) is 0 Å². The van der Waals surface area contributed by atoms with E-state index >= 15 is 0 Å². The number of carbonyl (C=O) groups is 1. The van der Waals surface area contributed by atoms with Crippen LogP contribution < -0.4 is 15.1 Å². The number of carbonyl (C=O) groups excluding carboxylic acids is 1. The molecule has 0 bridgehead atoms. The van der Waals surface area contributed by atoms with Gasteiger partial charge in [-0.15, -0.1) is 0 Å². The summed E-state index contributed by atoms with van der Waals surface area (Å²) in [7, 11) is 1.21. The summed E-state index contributed by atoms with van der Waals surface area (Å²) in [5.74, 6) is -0.872. The predicted molar refractivity (Wildman–Crippen MR) is 98.5 cm³/mol. The first-order valence-electron chi connectivity index (χ1n) is 9.28. The number of benzene rings is 1. The van der Waals surface area contributed by atoms with Gasteiger partial charge in [-0.1, -0.05) is 6.92 Å². The molecule has 1 aromatic carbocycles. The Kier molecular flexibility index (Phi) is 6.12. The number of rotatable bonds is 5. The molecule has 1 aromatic rings. The van der Waals surface area contributed by atoms with Crippen molar-refractivity contribution in [3.05, 3.63) is 24.3 Å². The van der Waals surface area contributed by atoms with E-state index < -0.39 is 29.8 Å². The normalized spacial score (nSPS) is 23.5. The smallest absolute Gasteiger partial charge is 0.431 e. The number of anilines is 1. The molecule has 3 rings (SSSR count). The number of ether oxygens (including phenoxy) is 2. The molecule has 2 aliphatic rings. The summed E-state index contributed by atoms with van der Waals surface area (Å²) < 4.78 is 50.5. The molecule has 1 fully saturated rings. The van der Waals surface area contributed by atoms with Gasteiger partial charge in [0, 0.05) is 5.92 Å². The molecule has 0 amide bonds. The van der Waals surface area contributed by atoms with Crippen LogP contribution in [-0.2, 0) is 9.53 Å². The van der Waals surface area contributed by atoms with Crippen molar-refractivity contribution in [1.82, 2.24) is 5.32 Å². The van der Waals surface area contributed by atoms with E-state index in [4.69, 9.17) is 4.74 Å². The Labute approximate surface area is 161 Å². The molecular formula is C19H24F3N3O3. The fourth-order valence-electron chi connectivity index (χ4n) is 3.54. The topological polar surface area (TPSA) is 63.2 Å². The second kappa shape index (κ2) is 8.38. The highest BCUT2D eigenvalue weighted by atomic mass is 19.4. The Balaban J connectivity index is 1.79. The maximum absolute atomic E-state index is 13.3. The number of alkyl halides is 3. The molecule has 9 heteroatoms. The maximum atomic E-state index is 13.3. The van der Waals surface area contributed by atoms with Gasteiger partial charge in [0.15, 0.2) is 0 Å². The van der Waals surface area contributed by atoms with Crippen LogP contribution in [0.2, 0.25) is 0 Å². The third kappa shape index (κ3) is 4.57. The van der Waals surface area contributed by atoms with Crippen LogP contribution in [0.1, 0.15) is 26.2 Å². The minimum absolute atomic E-state index is 0.126. The number of esters is 1. The summed E-state index contributed by atoms with van der Waals surface area (Å²) in [5, 5.41) is 8.32. The summed E-state index contributed by atoms with van der Waals surface area (Å²) >= 11 is 0. The zero-order chi connectivity index (χ0) is 20.3. The van der Waals surface area contributed by atoms with Crippen LogP contribution in [0, 0.1) is 5.92 Å². The van der Waals surface area contributed by atoms with Crippen molar-refractivity contribution >= 4 is 17.4 Å². The van der Waals surface area contributed by atoms with E-state index in [-0.39, 0.29) is 12.5 Å². The van der Waals surface area contributed by atoms with Gasteiger partial charge in [0.05, 0.1) is 25.3 Å². The number of hydrogen-bond acceptors (Lipinski definition) is 6. The second-order valence-corrected chi connectivity index (χ2v) is 7.02. The predicted octanol–water partition coefficient (Wildman–Crippen LogP) is 3.12. The van der Waals surface area contributed by atoms with Gasteiger partial charge < -0.3 is 14.8 Å². The number of methoxy groups -OCH3 is 1. The molecule has 2 atom stereocenters. The molecule has 2 aliphatic heterocycles. The van der Waals surface area contributed by atoms with Crippen LogP contribution in [0.15, 0.2) is 29.4 Å². The van der Waals surface area contributed by atoms with Gasteiger partial charge in [0.2, 0.25) is 0 Å². The molecule has 6 nitrogen and oxygen atoms in total. The largest absolute Gasteiger partial charge is 0.490 e. The van der Waals surface area contributed by atoms with E-state index in [9.17, 15) is 18.0 Å². The van der Waals surface area contributed by atoms with Gasteiger partial charge in [-0.25, -0.2) is 0 Å². The molecular weight excluding hydrogens is 375 g/mol. The van der Waals surface area contributed by atoms with Gasteiger partial charge in [-0.2, -0.15) is 18.3 Å². The van der Waals surface area contributed by atoms with Gasteiger partial charge in [0.1, 0.15) is 17.6 Å². The maximum Gasteiger partial charge on any atom is 0.431 e. The van der Waals surface area contributed by atoms with Crippen molar-refractivity contribution in [3.8, 4) is 5.75 Å². The number of hydrazone groups is 1. The van der Waals surface area contributed by atoms with E-state index in [1.165, 1.54) is 19.0 Å². The fraction of sp³-hybridized carbons (Fsp3) is 0.579. The lowest BCUT2D eigenvalue weighted by Crippen LogP contribution is -2.37. The Morgan fingerprint density at radius 3 is 2.46 bits per heavy atom. The van der Waals surface area contributed by atoms with Crippen molar-refractivity contribution in [2.24, 2.45) is 11.0 Å². The summed E-state index contributed by atoms with van der Waals surface area (Å²) in [6.45, 7) is 3.23. The van der Waals surface area contributed by atoms with Gasteiger partial charge >= 0.3 is 12.1 Å². The van der Waals surface area contributed by atoms with Crippen LogP contribution in [0.4, 0.5) is 18.9 Å². The Bertz CT molecular complexity index is 715. The average Bonchev–Trinajstić information content (AvgIpc) is 3.00. The summed E-state index contributed by atoms with van der Waals surface area (Å²) in [6, 6.07) is 6.00. The highest BCUT2D eigenvalue weighted by Gasteiger charge is 2.48. The van der Waals surface area contributed by atoms with Gasteiger partial charge in [-0.3, -0.25) is 9.80 Å². The number of nitrogens with zero attached hydrogens (tertiary/aromatic N) is 2. The molecule has 28 heavy (non-hydrogen) atoms. The summed E-state index contributed by atoms with van der Waals surface area (Å²) in [4.78, 5) is 11.7. The Morgan fingerprint density at radius 1 is 1.25 bits per heavy atom. The Morgan fingerprint density at radius 2 is 1.89 bits per heavy atom. The Hall–Kier alpha value is -2.29. The van der Waals surface area contributed by atoms with Gasteiger partial charge in [-0.05, 0) is 50.2 Å².